The van der Waals surface area contributed by atoms with Gasteiger partial charge in [0, 0.05) is 37.3 Å². The van der Waals surface area contributed by atoms with Gasteiger partial charge in [0.05, 0.1) is 11.4 Å². The predicted octanol–water partition coefficient (Wildman–Crippen LogP) is 3.31. The van der Waals surface area contributed by atoms with E-state index >= 15 is 0 Å². The Kier molecular flexibility index (Phi) is 4.44. The van der Waals surface area contributed by atoms with Gasteiger partial charge < -0.3 is 19.3 Å². The maximum absolute atomic E-state index is 12.7. The molecule has 0 unspecified atom stereocenters. The van der Waals surface area contributed by atoms with E-state index < -0.39 is 5.63 Å². The molecule has 0 saturated carbocycles. The zero-order chi connectivity index (χ0) is 20.7. The molecule has 0 radical (unpaired) electrons. The standard InChI is InChI=1S/C24H21N3O3/c25-15-19-22(27-13-11-26(12-14-27)20-7-3-4-8-21(20)28)18-10-9-16-5-1-2-6-17(16)23(18)30-24(19)29/h1-8,28H,9-14H2. The highest BCUT2D eigenvalue weighted by molar-refractivity contribution is 5.77. The van der Waals surface area contributed by atoms with E-state index in [1.54, 1.807) is 6.07 Å². The number of fused-ring (bicyclic) bond motifs is 3. The van der Waals surface area contributed by atoms with Crippen molar-refractivity contribution in [2.45, 2.75) is 12.8 Å². The van der Waals surface area contributed by atoms with Gasteiger partial charge in [0.25, 0.3) is 0 Å². The molecule has 5 rings (SSSR count). The third-order valence-electron chi connectivity index (χ3n) is 6.03. The largest absolute Gasteiger partial charge is 0.506 e. The molecule has 30 heavy (non-hydrogen) atoms. The summed E-state index contributed by atoms with van der Waals surface area (Å²) in [6.07, 6.45) is 1.59. The number of hydrogen-bond donors (Lipinski definition) is 1. The number of rotatable bonds is 2. The van der Waals surface area contributed by atoms with Crippen molar-refractivity contribution in [3.05, 3.63) is 75.6 Å². The summed E-state index contributed by atoms with van der Waals surface area (Å²) < 4.78 is 5.64. The van der Waals surface area contributed by atoms with Crippen molar-refractivity contribution >= 4 is 11.4 Å². The van der Waals surface area contributed by atoms with Crippen LogP contribution in [-0.2, 0) is 12.8 Å². The minimum absolute atomic E-state index is 0.0872. The lowest BCUT2D eigenvalue weighted by Crippen LogP contribution is -2.47. The Morgan fingerprint density at radius 3 is 2.40 bits per heavy atom. The third kappa shape index (κ3) is 2.91. The summed E-state index contributed by atoms with van der Waals surface area (Å²) in [5.74, 6) is 0.858. The molecular formula is C24H21N3O3. The van der Waals surface area contributed by atoms with E-state index in [1.807, 2.05) is 36.4 Å². The summed E-state index contributed by atoms with van der Waals surface area (Å²) in [6, 6.07) is 17.4. The summed E-state index contributed by atoms with van der Waals surface area (Å²) in [5, 5.41) is 19.9. The van der Waals surface area contributed by atoms with Crippen molar-refractivity contribution in [3.63, 3.8) is 0 Å². The number of phenolic OH excluding ortho intramolecular Hbond substituents is 1. The van der Waals surface area contributed by atoms with E-state index in [1.165, 1.54) is 0 Å². The monoisotopic (exact) mass is 399 g/mol. The lowest BCUT2D eigenvalue weighted by Gasteiger charge is -2.39. The summed E-state index contributed by atoms with van der Waals surface area (Å²) >= 11 is 0. The molecule has 0 bridgehead atoms. The van der Waals surface area contributed by atoms with Crippen LogP contribution >= 0.6 is 0 Å². The third-order valence-corrected chi connectivity index (χ3v) is 6.03. The number of piperazine rings is 1. The minimum Gasteiger partial charge on any atom is -0.506 e. The minimum atomic E-state index is -0.578. The molecule has 1 aliphatic heterocycles. The average Bonchev–Trinajstić information content (AvgIpc) is 2.78. The summed E-state index contributed by atoms with van der Waals surface area (Å²) in [6.45, 7) is 2.68. The van der Waals surface area contributed by atoms with Crippen LogP contribution < -0.4 is 15.4 Å². The summed E-state index contributed by atoms with van der Waals surface area (Å²) in [7, 11) is 0. The molecule has 1 aliphatic carbocycles. The van der Waals surface area contributed by atoms with Gasteiger partial charge in [0.2, 0.25) is 0 Å². The first-order valence-corrected chi connectivity index (χ1v) is 10.1. The van der Waals surface area contributed by atoms with Crippen LogP contribution in [0.5, 0.6) is 5.75 Å². The Morgan fingerprint density at radius 1 is 0.933 bits per heavy atom. The number of nitriles is 1. The van der Waals surface area contributed by atoms with Crippen LogP contribution in [0.4, 0.5) is 11.4 Å². The fraction of sp³-hybridized carbons (Fsp3) is 0.250. The van der Waals surface area contributed by atoms with Crippen molar-refractivity contribution in [3.8, 4) is 23.1 Å². The first kappa shape index (κ1) is 18.3. The first-order valence-electron chi connectivity index (χ1n) is 10.1. The lowest BCUT2D eigenvalue weighted by molar-refractivity contribution is 0.472. The average molecular weight is 399 g/mol. The highest BCUT2D eigenvalue weighted by Gasteiger charge is 2.30. The van der Waals surface area contributed by atoms with Gasteiger partial charge in [0.1, 0.15) is 17.6 Å². The molecule has 3 aromatic rings. The van der Waals surface area contributed by atoms with Crippen molar-refractivity contribution in [1.82, 2.24) is 0 Å². The van der Waals surface area contributed by atoms with Crippen LogP contribution in [0.1, 0.15) is 16.7 Å². The van der Waals surface area contributed by atoms with Crippen LogP contribution in [0.25, 0.3) is 11.3 Å². The zero-order valence-electron chi connectivity index (χ0n) is 16.5. The molecule has 2 heterocycles. The van der Waals surface area contributed by atoms with Crippen LogP contribution in [0, 0.1) is 11.3 Å². The van der Waals surface area contributed by atoms with Crippen molar-refractivity contribution in [1.29, 1.82) is 5.26 Å². The Bertz CT molecular complexity index is 1220. The maximum atomic E-state index is 12.7. The molecule has 0 amide bonds. The van der Waals surface area contributed by atoms with E-state index in [0.29, 0.717) is 31.9 Å². The number of aryl methyl sites for hydroxylation is 1. The molecule has 2 aliphatic rings. The van der Waals surface area contributed by atoms with Gasteiger partial charge in [-0.2, -0.15) is 5.26 Å². The van der Waals surface area contributed by atoms with Gasteiger partial charge in [-0.25, -0.2) is 4.79 Å². The Morgan fingerprint density at radius 2 is 1.63 bits per heavy atom. The maximum Gasteiger partial charge on any atom is 0.356 e. The van der Waals surface area contributed by atoms with E-state index in [4.69, 9.17) is 4.42 Å². The van der Waals surface area contributed by atoms with Crippen LogP contribution in [0.15, 0.2) is 57.7 Å². The Labute approximate surface area is 174 Å². The van der Waals surface area contributed by atoms with Crippen LogP contribution in [0.3, 0.4) is 0 Å². The highest BCUT2D eigenvalue weighted by Crippen LogP contribution is 2.39. The number of hydrogen-bond acceptors (Lipinski definition) is 6. The molecular weight excluding hydrogens is 378 g/mol. The second-order valence-corrected chi connectivity index (χ2v) is 7.65. The van der Waals surface area contributed by atoms with E-state index in [-0.39, 0.29) is 11.3 Å². The predicted molar refractivity (Wildman–Crippen MR) is 115 cm³/mol. The van der Waals surface area contributed by atoms with Gasteiger partial charge in [-0.05, 0) is 30.5 Å². The molecule has 0 spiro atoms. The lowest BCUT2D eigenvalue weighted by atomic mass is 9.88. The zero-order valence-corrected chi connectivity index (χ0v) is 16.5. The van der Waals surface area contributed by atoms with Gasteiger partial charge in [-0.15, -0.1) is 0 Å². The second kappa shape index (κ2) is 7.27. The van der Waals surface area contributed by atoms with E-state index in [9.17, 15) is 15.2 Å². The SMILES string of the molecule is N#Cc1c(N2CCN(c3ccccc3O)CC2)c2c(oc1=O)-c1ccccc1CC2. The van der Waals surface area contributed by atoms with Crippen LogP contribution in [-0.4, -0.2) is 31.3 Å². The van der Waals surface area contributed by atoms with Gasteiger partial charge in [-0.1, -0.05) is 36.4 Å². The molecule has 2 aromatic carbocycles. The topological polar surface area (TPSA) is 80.7 Å². The number of benzene rings is 2. The molecule has 150 valence electrons. The van der Waals surface area contributed by atoms with Crippen molar-refractivity contribution < 1.29 is 9.52 Å². The summed E-state index contributed by atoms with van der Waals surface area (Å²) in [4.78, 5) is 16.9. The molecule has 6 heteroatoms. The number of para-hydroxylation sites is 2. The quantitative estimate of drug-likeness (QED) is 0.712. The van der Waals surface area contributed by atoms with Crippen molar-refractivity contribution in [2.24, 2.45) is 0 Å². The highest BCUT2D eigenvalue weighted by atomic mass is 16.4. The smallest absolute Gasteiger partial charge is 0.356 e. The molecule has 1 fully saturated rings. The second-order valence-electron chi connectivity index (χ2n) is 7.65. The van der Waals surface area contributed by atoms with E-state index in [0.717, 1.165) is 40.9 Å². The Balaban J connectivity index is 1.53. The first-order chi connectivity index (χ1) is 14.7. The van der Waals surface area contributed by atoms with E-state index in [2.05, 4.69) is 21.9 Å². The van der Waals surface area contributed by atoms with Gasteiger partial charge in [0.15, 0.2) is 5.56 Å². The van der Waals surface area contributed by atoms with Crippen LogP contribution in [0.2, 0.25) is 0 Å². The fourth-order valence-corrected chi connectivity index (χ4v) is 4.58. The molecule has 1 N–H and O–H groups in total. The van der Waals surface area contributed by atoms with Crippen molar-refractivity contribution in [2.75, 3.05) is 36.0 Å². The molecule has 1 aromatic heterocycles. The van der Waals surface area contributed by atoms with Gasteiger partial charge >= 0.3 is 5.63 Å². The number of phenols is 1. The number of aromatic hydroxyl groups is 1. The number of nitrogens with zero attached hydrogens (tertiary/aromatic N) is 3. The molecule has 0 atom stereocenters. The fourth-order valence-electron chi connectivity index (χ4n) is 4.58. The summed E-state index contributed by atoms with van der Waals surface area (Å²) in [5.41, 5.74) is 4.08. The molecule has 1 saturated heterocycles. The number of anilines is 2. The van der Waals surface area contributed by atoms with Gasteiger partial charge in [-0.3, -0.25) is 0 Å². The molecule has 6 nitrogen and oxygen atoms in total. The normalized spacial score (nSPS) is 15.3. The Hall–Kier alpha value is -3.72.